The SMILES string of the molecule is O=C(CSc1nnnn1-c1ccc(Br)cc1)Nc1ncccn1. The van der Waals surface area contributed by atoms with Crippen LogP contribution in [0.25, 0.3) is 5.69 Å². The molecule has 0 spiro atoms. The predicted octanol–water partition coefficient (Wildman–Crippen LogP) is 1.95. The molecule has 3 rings (SSSR count). The molecule has 116 valence electrons. The van der Waals surface area contributed by atoms with Crippen molar-refractivity contribution in [3.8, 4) is 5.69 Å². The zero-order valence-corrected chi connectivity index (χ0v) is 14.0. The molecule has 0 saturated heterocycles. The first kappa shape index (κ1) is 15.6. The molecule has 0 aliphatic carbocycles. The zero-order valence-electron chi connectivity index (χ0n) is 11.6. The Bertz CT molecular complexity index is 794. The van der Waals surface area contributed by atoms with Crippen LogP contribution in [0.3, 0.4) is 0 Å². The number of rotatable bonds is 5. The highest BCUT2D eigenvalue weighted by Gasteiger charge is 2.12. The lowest BCUT2D eigenvalue weighted by Gasteiger charge is -2.05. The van der Waals surface area contributed by atoms with Crippen LogP contribution in [0.4, 0.5) is 5.95 Å². The predicted molar refractivity (Wildman–Crippen MR) is 88.2 cm³/mol. The Hall–Kier alpha value is -2.33. The summed E-state index contributed by atoms with van der Waals surface area (Å²) < 4.78 is 2.54. The fraction of sp³-hybridized carbons (Fsp3) is 0.0769. The molecular formula is C13H10BrN7OS. The van der Waals surface area contributed by atoms with Crippen LogP contribution in [0.1, 0.15) is 0 Å². The van der Waals surface area contributed by atoms with E-state index in [9.17, 15) is 4.79 Å². The maximum absolute atomic E-state index is 11.9. The monoisotopic (exact) mass is 391 g/mol. The van der Waals surface area contributed by atoms with Gasteiger partial charge in [0.1, 0.15) is 0 Å². The number of carbonyl (C=O) groups is 1. The second-order valence-corrected chi connectivity index (χ2v) is 6.12. The zero-order chi connectivity index (χ0) is 16.1. The van der Waals surface area contributed by atoms with Gasteiger partial charge in [0.15, 0.2) is 0 Å². The second-order valence-electron chi connectivity index (χ2n) is 4.26. The molecule has 1 N–H and O–H groups in total. The molecule has 0 aliphatic rings. The molecule has 1 aromatic carbocycles. The van der Waals surface area contributed by atoms with Gasteiger partial charge in [-0.3, -0.25) is 10.1 Å². The maximum Gasteiger partial charge on any atom is 0.237 e. The Morgan fingerprint density at radius 2 is 1.96 bits per heavy atom. The summed E-state index contributed by atoms with van der Waals surface area (Å²) in [6.07, 6.45) is 3.12. The van der Waals surface area contributed by atoms with Gasteiger partial charge in [-0.25, -0.2) is 9.97 Å². The molecule has 10 heteroatoms. The summed E-state index contributed by atoms with van der Waals surface area (Å²) in [7, 11) is 0. The minimum Gasteiger partial charge on any atom is -0.294 e. The Morgan fingerprint density at radius 3 is 2.70 bits per heavy atom. The molecule has 8 nitrogen and oxygen atoms in total. The Morgan fingerprint density at radius 1 is 1.22 bits per heavy atom. The number of benzene rings is 1. The van der Waals surface area contributed by atoms with Crippen molar-refractivity contribution in [1.82, 2.24) is 30.2 Å². The van der Waals surface area contributed by atoms with E-state index in [0.717, 1.165) is 10.2 Å². The summed E-state index contributed by atoms with van der Waals surface area (Å²) in [5.41, 5.74) is 0.813. The number of carbonyl (C=O) groups excluding carboxylic acids is 1. The minimum absolute atomic E-state index is 0.148. The van der Waals surface area contributed by atoms with Gasteiger partial charge in [0, 0.05) is 16.9 Å². The normalized spacial score (nSPS) is 10.5. The van der Waals surface area contributed by atoms with Crippen LogP contribution in [-0.4, -0.2) is 41.8 Å². The van der Waals surface area contributed by atoms with E-state index in [4.69, 9.17) is 0 Å². The van der Waals surface area contributed by atoms with E-state index in [2.05, 4.69) is 46.7 Å². The average molecular weight is 392 g/mol. The van der Waals surface area contributed by atoms with E-state index in [1.165, 1.54) is 11.8 Å². The third-order valence-corrected chi connectivity index (χ3v) is 4.11. The van der Waals surface area contributed by atoms with Gasteiger partial charge in [-0.05, 0) is 40.8 Å². The van der Waals surface area contributed by atoms with Gasteiger partial charge in [-0.15, -0.1) is 5.10 Å². The van der Waals surface area contributed by atoms with Gasteiger partial charge in [0.2, 0.25) is 17.0 Å². The topological polar surface area (TPSA) is 98.5 Å². The third-order valence-electron chi connectivity index (χ3n) is 2.66. The van der Waals surface area contributed by atoms with Crippen molar-refractivity contribution in [2.45, 2.75) is 5.16 Å². The summed E-state index contributed by atoms with van der Waals surface area (Å²) in [5, 5.41) is 14.7. The van der Waals surface area contributed by atoms with Crippen molar-refractivity contribution in [1.29, 1.82) is 0 Å². The Labute approximate surface area is 143 Å². The van der Waals surface area contributed by atoms with Crippen LogP contribution in [-0.2, 0) is 4.79 Å². The molecule has 0 atom stereocenters. The molecule has 0 radical (unpaired) electrons. The molecule has 2 heterocycles. The van der Waals surface area contributed by atoms with E-state index in [-0.39, 0.29) is 17.6 Å². The lowest BCUT2D eigenvalue weighted by molar-refractivity contribution is -0.113. The van der Waals surface area contributed by atoms with Gasteiger partial charge in [0.05, 0.1) is 11.4 Å². The number of tetrazole rings is 1. The summed E-state index contributed by atoms with van der Waals surface area (Å²) >= 11 is 4.61. The summed E-state index contributed by atoms with van der Waals surface area (Å²) in [6, 6.07) is 9.22. The standard InChI is InChI=1S/C13H10BrN7OS/c14-9-2-4-10(5-3-9)21-13(18-19-20-21)23-8-11(22)17-12-15-6-1-7-16-12/h1-7H,8H2,(H,15,16,17,22). The number of hydrogen-bond acceptors (Lipinski definition) is 7. The number of aromatic nitrogens is 6. The lowest BCUT2D eigenvalue weighted by Crippen LogP contribution is -2.16. The van der Waals surface area contributed by atoms with Crippen LogP contribution < -0.4 is 5.32 Å². The van der Waals surface area contributed by atoms with Crippen LogP contribution in [0.5, 0.6) is 0 Å². The number of anilines is 1. The number of nitrogens with one attached hydrogen (secondary N) is 1. The van der Waals surface area contributed by atoms with Crippen LogP contribution in [0, 0.1) is 0 Å². The van der Waals surface area contributed by atoms with Crippen molar-refractivity contribution in [3.63, 3.8) is 0 Å². The summed E-state index contributed by atoms with van der Waals surface area (Å²) in [6.45, 7) is 0. The molecule has 0 fully saturated rings. The van der Waals surface area contributed by atoms with Gasteiger partial charge >= 0.3 is 0 Å². The molecule has 0 saturated carbocycles. The van der Waals surface area contributed by atoms with Crippen LogP contribution in [0.15, 0.2) is 52.4 Å². The Balaban J connectivity index is 1.64. The Kier molecular flexibility index (Phi) is 4.93. The highest BCUT2D eigenvalue weighted by molar-refractivity contribution is 9.10. The number of thioether (sulfide) groups is 1. The maximum atomic E-state index is 11.9. The molecular weight excluding hydrogens is 382 g/mol. The fourth-order valence-electron chi connectivity index (χ4n) is 1.67. The van der Waals surface area contributed by atoms with E-state index < -0.39 is 0 Å². The van der Waals surface area contributed by atoms with Crippen molar-refractivity contribution in [2.75, 3.05) is 11.1 Å². The first-order valence-electron chi connectivity index (χ1n) is 6.46. The molecule has 2 aromatic heterocycles. The van der Waals surface area contributed by atoms with Crippen molar-refractivity contribution in [2.24, 2.45) is 0 Å². The third kappa shape index (κ3) is 4.11. The molecule has 0 bridgehead atoms. The van der Waals surface area contributed by atoms with Crippen molar-refractivity contribution < 1.29 is 4.79 Å². The smallest absolute Gasteiger partial charge is 0.237 e. The molecule has 1 amide bonds. The van der Waals surface area contributed by atoms with Crippen LogP contribution in [0.2, 0.25) is 0 Å². The average Bonchev–Trinajstić information content (AvgIpc) is 3.03. The van der Waals surface area contributed by atoms with E-state index in [1.807, 2.05) is 24.3 Å². The first-order valence-corrected chi connectivity index (χ1v) is 8.24. The van der Waals surface area contributed by atoms with E-state index >= 15 is 0 Å². The van der Waals surface area contributed by atoms with Crippen molar-refractivity contribution in [3.05, 3.63) is 47.2 Å². The number of halogens is 1. The number of amides is 1. The van der Waals surface area contributed by atoms with E-state index in [1.54, 1.807) is 23.1 Å². The highest BCUT2D eigenvalue weighted by atomic mass is 79.9. The van der Waals surface area contributed by atoms with Gasteiger partial charge in [0.25, 0.3) is 0 Å². The molecule has 0 unspecified atom stereocenters. The largest absolute Gasteiger partial charge is 0.294 e. The van der Waals surface area contributed by atoms with E-state index in [0.29, 0.717) is 5.16 Å². The molecule has 0 aliphatic heterocycles. The molecule has 23 heavy (non-hydrogen) atoms. The fourth-order valence-corrected chi connectivity index (χ4v) is 2.62. The quantitative estimate of drug-likeness (QED) is 0.663. The summed E-state index contributed by atoms with van der Waals surface area (Å²) in [4.78, 5) is 19.8. The van der Waals surface area contributed by atoms with Gasteiger partial charge < -0.3 is 0 Å². The number of nitrogens with zero attached hydrogens (tertiary/aromatic N) is 6. The first-order chi connectivity index (χ1) is 11.2. The highest BCUT2D eigenvalue weighted by Crippen LogP contribution is 2.19. The summed E-state index contributed by atoms with van der Waals surface area (Å²) in [5.74, 6) is 0.187. The lowest BCUT2D eigenvalue weighted by atomic mass is 10.3. The minimum atomic E-state index is -0.230. The van der Waals surface area contributed by atoms with Crippen LogP contribution >= 0.6 is 27.7 Å². The number of hydrogen-bond donors (Lipinski definition) is 1. The van der Waals surface area contributed by atoms with Gasteiger partial charge in [-0.1, -0.05) is 27.7 Å². The van der Waals surface area contributed by atoms with Crippen molar-refractivity contribution >= 4 is 39.5 Å². The second kappa shape index (κ2) is 7.29. The van der Waals surface area contributed by atoms with Gasteiger partial charge in [-0.2, -0.15) is 4.68 Å². The molecule has 3 aromatic rings.